The monoisotopic (exact) mass is 780 g/mol. The van der Waals surface area contributed by atoms with Crippen LogP contribution in [0.15, 0.2) is 24.4 Å². The largest absolute Gasteiger partial charge is 4.00 e. The maximum absolute atomic E-state index is 8.74. The van der Waals surface area contributed by atoms with E-state index in [0.29, 0.717) is 0 Å². The molecule has 0 aromatic carbocycles. The normalized spacial score (nSPS) is 16.8. The van der Waals surface area contributed by atoms with E-state index in [2.05, 4.69) is 10.6 Å². The van der Waals surface area contributed by atoms with Gasteiger partial charge in [-0.1, -0.05) is 31.1 Å². The Balaban J connectivity index is -0.0000000306. The van der Waals surface area contributed by atoms with Gasteiger partial charge in [0.1, 0.15) is 0 Å². The van der Waals surface area contributed by atoms with E-state index in [-0.39, 0.29) is 73.0 Å². The van der Waals surface area contributed by atoms with Crippen LogP contribution in [-0.2, 0) is 42.1 Å². The van der Waals surface area contributed by atoms with Gasteiger partial charge in [0.2, 0.25) is 0 Å². The van der Waals surface area contributed by atoms with Crippen LogP contribution in [0, 0.1) is 20.2 Å². The van der Waals surface area contributed by atoms with Crippen LogP contribution in [0.25, 0.3) is 10.6 Å². The summed E-state index contributed by atoms with van der Waals surface area (Å²) in [5.74, 6) is 0. The van der Waals surface area contributed by atoms with E-state index in [1.807, 2.05) is 0 Å². The summed E-state index contributed by atoms with van der Waals surface area (Å²) < 4.78 is 0. The van der Waals surface area contributed by atoms with Crippen molar-refractivity contribution >= 4 is 0 Å². The van der Waals surface area contributed by atoms with E-state index in [1.165, 1.54) is 0 Å². The molecule has 2 atom stereocenters. The predicted molar refractivity (Wildman–Crippen MR) is 93.4 cm³/mol. The van der Waals surface area contributed by atoms with Gasteiger partial charge in [0, 0.05) is 6.23 Å². The van der Waals surface area contributed by atoms with Crippen LogP contribution in [0.1, 0.15) is 19.3 Å². The number of hydrogen-bond acceptors (Lipinski definition) is 10. The summed E-state index contributed by atoms with van der Waals surface area (Å²) in [7, 11) is 0. The Bertz CT molecular complexity index is 355. The number of allylic oxidation sites excluding steroid dienone is 2. The van der Waals surface area contributed by atoms with E-state index in [4.69, 9.17) is 40.9 Å². The third-order valence-electron chi connectivity index (χ3n) is 1.93. The molecule has 16 nitrogen and oxygen atoms in total. The first kappa shape index (κ1) is 50.5. The number of aliphatic hydroxyl groups is 2. The van der Waals surface area contributed by atoms with Crippen molar-refractivity contribution in [3.8, 4) is 0 Å². The fourth-order valence-corrected chi connectivity index (χ4v) is 1.17. The molecule has 0 aliphatic carbocycles. The fourth-order valence-electron chi connectivity index (χ4n) is 1.17. The molecule has 0 amide bonds. The molecule has 2 heterocycles. The van der Waals surface area contributed by atoms with Crippen molar-refractivity contribution in [2.75, 3.05) is 6.54 Å². The second-order valence-electron chi connectivity index (χ2n) is 3.65. The molecule has 1 fully saturated rings. The molecule has 2 aliphatic heterocycles. The summed E-state index contributed by atoms with van der Waals surface area (Å²) in [6.45, 7) is 0.862. The third-order valence-corrected chi connectivity index (χ3v) is 1.93. The van der Waals surface area contributed by atoms with Gasteiger partial charge < -0.3 is 55.9 Å². The number of rotatable bonds is 0. The van der Waals surface area contributed by atoms with Crippen LogP contribution < -0.4 is 24.6 Å². The quantitative estimate of drug-likeness (QED) is 0.128. The molecule has 0 spiro atoms. The maximum Gasteiger partial charge on any atom is 4.00 e. The number of piperidine rings is 1. The van der Waals surface area contributed by atoms with E-state index < -0.39 is 16.4 Å². The summed E-state index contributed by atoms with van der Waals surface area (Å²) in [5.41, 5.74) is 0. The Labute approximate surface area is 190 Å². The van der Waals surface area contributed by atoms with Crippen LogP contribution in [0.2, 0.25) is 0 Å². The zero-order chi connectivity index (χ0) is 17.4. The van der Waals surface area contributed by atoms with Gasteiger partial charge in [-0.2, -0.15) is 6.20 Å². The SMILES string of the molecule is N.N.N.N.O=[N+]([O-])O.O=[N+]([O-])O.OC1C=CC=C[N-]1.OC1CCCC[N-]1.[Pt+4].[Pt+4]. The molecular formula is C10H30N8O8Pt2+6. The van der Waals surface area contributed by atoms with Crippen LogP contribution in [0.4, 0.5) is 0 Å². The van der Waals surface area contributed by atoms with Crippen LogP contribution >= 0.6 is 0 Å². The molecule has 18 heteroatoms. The molecule has 2 rings (SSSR count). The van der Waals surface area contributed by atoms with Crippen molar-refractivity contribution in [1.29, 1.82) is 0 Å². The van der Waals surface area contributed by atoms with Crippen LogP contribution in [0.3, 0.4) is 0 Å². The van der Waals surface area contributed by atoms with Gasteiger partial charge in [-0.15, -0.1) is 26.8 Å². The smallest absolute Gasteiger partial charge is 0.663 e. The van der Waals surface area contributed by atoms with Gasteiger partial charge in [-0.25, -0.2) is 0 Å². The average molecular weight is 781 g/mol. The van der Waals surface area contributed by atoms with E-state index in [9.17, 15) is 0 Å². The Kier molecular flexibility index (Phi) is 66.1. The first-order chi connectivity index (χ1) is 10.3. The summed E-state index contributed by atoms with van der Waals surface area (Å²) >= 11 is 0. The first-order valence-electron chi connectivity index (χ1n) is 5.98. The maximum atomic E-state index is 8.74. The minimum Gasteiger partial charge on any atom is -0.663 e. The Morgan fingerprint density at radius 2 is 1.32 bits per heavy atom. The van der Waals surface area contributed by atoms with Crippen LogP contribution in [0.5, 0.6) is 0 Å². The van der Waals surface area contributed by atoms with Crippen molar-refractivity contribution in [2.45, 2.75) is 31.7 Å². The van der Waals surface area contributed by atoms with Crippen molar-refractivity contribution < 1.29 is 72.9 Å². The second kappa shape index (κ2) is 36.7. The third kappa shape index (κ3) is 64.1. The number of aliphatic hydroxyl groups excluding tert-OH is 2. The Morgan fingerprint density at radius 1 is 0.893 bits per heavy atom. The molecule has 172 valence electrons. The van der Waals surface area contributed by atoms with Gasteiger partial charge in [0.05, 0.1) is 0 Å². The van der Waals surface area contributed by atoms with Crippen molar-refractivity contribution in [2.24, 2.45) is 0 Å². The minimum absolute atomic E-state index is 0. The number of nitrogens with zero attached hydrogens (tertiary/aromatic N) is 4. The minimum atomic E-state index is -1.50. The Hall–Kier alpha value is -1.22. The molecule has 0 saturated carbocycles. The topological polar surface area (TPSA) is 335 Å². The summed E-state index contributed by atoms with van der Waals surface area (Å²) in [6, 6.07) is 0. The van der Waals surface area contributed by atoms with Crippen molar-refractivity contribution in [3.63, 3.8) is 0 Å². The van der Waals surface area contributed by atoms with E-state index in [0.717, 1.165) is 25.8 Å². The van der Waals surface area contributed by atoms with Gasteiger partial charge in [-0.3, -0.25) is 0 Å². The van der Waals surface area contributed by atoms with Gasteiger partial charge in [0.15, 0.2) is 0 Å². The van der Waals surface area contributed by atoms with Gasteiger partial charge in [-0.05, 0) is 12.6 Å². The molecule has 16 N–H and O–H groups in total. The molecule has 2 aliphatic rings. The summed E-state index contributed by atoms with van der Waals surface area (Å²) in [5, 5.41) is 52.1. The first-order valence-corrected chi connectivity index (χ1v) is 5.98. The molecule has 0 aromatic rings. The van der Waals surface area contributed by atoms with E-state index >= 15 is 0 Å². The average Bonchev–Trinajstić information content (AvgIpc) is 2.40. The summed E-state index contributed by atoms with van der Waals surface area (Å²) in [4.78, 5) is 16.7. The standard InChI is InChI=1S/C5H10NO.C5H6NO.2HNO3.4H3N.2Pt/c2*7-5-3-1-2-4-6-5;2*2-1(3)4;;;;;;/h5,7H,1-4H2;1-5,7H;2*(H,2,3,4);4*1H3;;/q2*-1;;;;;;;2*+4. The molecule has 0 bridgehead atoms. The van der Waals surface area contributed by atoms with Crippen LogP contribution in [-0.4, -0.2) is 49.8 Å². The number of hydrogen-bond donors (Lipinski definition) is 8. The molecule has 0 radical (unpaired) electrons. The molecular weight excluding hydrogens is 750 g/mol. The fraction of sp³-hybridized carbons (Fsp3) is 0.600. The zero-order valence-electron chi connectivity index (χ0n) is 15.0. The van der Waals surface area contributed by atoms with E-state index in [1.54, 1.807) is 24.4 Å². The molecule has 28 heavy (non-hydrogen) atoms. The zero-order valence-corrected chi connectivity index (χ0v) is 19.5. The van der Waals surface area contributed by atoms with Crippen molar-refractivity contribution in [3.05, 3.63) is 55.3 Å². The van der Waals surface area contributed by atoms with Gasteiger partial charge >= 0.3 is 42.1 Å². The second-order valence-corrected chi connectivity index (χ2v) is 3.65. The van der Waals surface area contributed by atoms with Gasteiger partial charge in [0.25, 0.3) is 10.2 Å². The molecule has 2 unspecified atom stereocenters. The summed E-state index contributed by atoms with van der Waals surface area (Å²) in [6.07, 6.45) is 8.95. The molecule has 1 saturated heterocycles. The van der Waals surface area contributed by atoms with Crippen molar-refractivity contribution in [1.82, 2.24) is 24.6 Å². The molecule has 0 aromatic heterocycles. The Morgan fingerprint density at radius 3 is 1.46 bits per heavy atom. The predicted octanol–water partition coefficient (Wildman–Crippen LogP) is 1.57.